The first-order chi connectivity index (χ1) is 8.22. The minimum Gasteiger partial charge on any atom is -0.465 e. The molecule has 1 heterocycles. The summed E-state index contributed by atoms with van der Waals surface area (Å²) >= 11 is 0. The number of rotatable bonds is 9. The van der Waals surface area contributed by atoms with Crippen molar-refractivity contribution in [3.63, 3.8) is 0 Å². The fourth-order valence-corrected chi connectivity index (χ4v) is 1.60. The van der Waals surface area contributed by atoms with Crippen LogP contribution in [0.25, 0.3) is 0 Å². The van der Waals surface area contributed by atoms with Crippen molar-refractivity contribution in [2.75, 3.05) is 39.9 Å². The normalized spacial score (nSPS) is 11.3. The summed E-state index contributed by atoms with van der Waals surface area (Å²) in [5, 5.41) is 3.34. The molecule has 0 radical (unpaired) electrons. The van der Waals surface area contributed by atoms with Crippen molar-refractivity contribution < 1.29 is 9.15 Å². The molecule has 0 bridgehead atoms. The van der Waals surface area contributed by atoms with E-state index < -0.39 is 0 Å². The third-order valence-electron chi connectivity index (χ3n) is 2.52. The van der Waals surface area contributed by atoms with Gasteiger partial charge in [-0.2, -0.15) is 0 Å². The van der Waals surface area contributed by atoms with Gasteiger partial charge in [-0.05, 0) is 33.0 Å². The van der Waals surface area contributed by atoms with E-state index >= 15 is 0 Å². The Bertz CT molecular complexity index is 299. The van der Waals surface area contributed by atoms with Crippen molar-refractivity contribution in [2.24, 2.45) is 0 Å². The molecule has 0 amide bonds. The Morgan fingerprint density at radius 1 is 1.35 bits per heavy atom. The first kappa shape index (κ1) is 14.2. The summed E-state index contributed by atoms with van der Waals surface area (Å²) in [7, 11) is 2.10. The minimum absolute atomic E-state index is 0.789. The average Bonchev–Trinajstić information content (AvgIpc) is 2.69. The molecule has 0 fully saturated rings. The molecule has 1 aromatic heterocycles. The Kier molecular flexibility index (Phi) is 6.93. The summed E-state index contributed by atoms with van der Waals surface area (Å²) in [5.74, 6) is 2.00. The van der Waals surface area contributed by atoms with Gasteiger partial charge in [0.1, 0.15) is 11.5 Å². The number of hydrogen-bond donors (Lipinski definition) is 1. The van der Waals surface area contributed by atoms with Gasteiger partial charge in [0.25, 0.3) is 0 Å². The monoisotopic (exact) mass is 240 g/mol. The molecule has 0 saturated heterocycles. The maximum absolute atomic E-state index is 5.53. The van der Waals surface area contributed by atoms with E-state index in [0.717, 1.165) is 50.9 Å². The van der Waals surface area contributed by atoms with Crippen LogP contribution in [0.3, 0.4) is 0 Å². The van der Waals surface area contributed by atoms with Crippen molar-refractivity contribution in [1.29, 1.82) is 0 Å². The van der Waals surface area contributed by atoms with Crippen LogP contribution in [0.2, 0.25) is 0 Å². The third-order valence-corrected chi connectivity index (χ3v) is 2.52. The van der Waals surface area contributed by atoms with E-state index in [9.17, 15) is 0 Å². The summed E-state index contributed by atoms with van der Waals surface area (Å²) in [6.45, 7) is 9.33. The summed E-state index contributed by atoms with van der Waals surface area (Å²) in [6, 6.07) is 4.04. The molecule has 98 valence electrons. The standard InChI is InChI=1S/C13H24N2O2/c1-4-16-10-8-14-7-9-15(3)11-13-6-5-12(2)17-13/h5-6,14H,4,7-11H2,1-3H3. The highest BCUT2D eigenvalue weighted by molar-refractivity contribution is 5.05. The number of likely N-dealkylation sites (N-methyl/N-ethyl adjacent to an activating group) is 1. The SMILES string of the molecule is CCOCCNCCN(C)Cc1ccc(C)o1. The first-order valence-electron chi connectivity index (χ1n) is 6.24. The predicted molar refractivity (Wildman–Crippen MR) is 69.1 cm³/mol. The molecule has 17 heavy (non-hydrogen) atoms. The lowest BCUT2D eigenvalue weighted by Gasteiger charge is -2.15. The van der Waals surface area contributed by atoms with Crippen molar-refractivity contribution in [3.8, 4) is 0 Å². The second kappa shape index (κ2) is 8.28. The number of furan rings is 1. The zero-order chi connectivity index (χ0) is 12.5. The molecular weight excluding hydrogens is 216 g/mol. The van der Waals surface area contributed by atoms with Gasteiger partial charge in [-0.15, -0.1) is 0 Å². The highest BCUT2D eigenvalue weighted by Crippen LogP contribution is 2.07. The number of hydrogen-bond acceptors (Lipinski definition) is 4. The highest BCUT2D eigenvalue weighted by atomic mass is 16.5. The van der Waals surface area contributed by atoms with E-state index in [1.54, 1.807) is 0 Å². The van der Waals surface area contributed by atoms with Gasteiger partial charge in [-0.3, -0.25) is 4.90 Å². The topological polar surface area (TPSA) is 37.6 Å². The smallest absolute Gasteiger partial charge is 0.118 e. The van der Waals surface area contributed by atoms with Crippen LogP contribution in [0.4, 0.5) is 0 Å². The molecule has 0 unspecified atom stereocenters. The average molecular weight is 240 g/mol. The first-order valence-corrected chi connectivity index (χ1v) is 6.24. The second-order valence-corrected chi connectivity index (χ2v) is 4.20. The van der Waals surface area contributed by atoms with Gasteiger partial charge in [0, 0.05) is 26.2 Å². The van der Waals surface area contributed by atoms with E-state index in [4.69, 9.17) is 9.15 Å². The molecule has 0 saturated carbocycles. The summed E-state index contributed by atoms with van der Waals surface area (Å²) in [6.07, 6.45) is 0. The molecule has 4 nitrogen and oxygen atoms in total. The molecule has 0 aromatic carbocycles. The molecule has 1 N–H and O–H groups in total. The Hall–Kier alpha value is -0.840. The van der Waals surface area contributed by atoms with Crippen LogP contribution in [-0.2, 0) is 11.3 Å². The Balaban J connectivity index is 2.03. The van der Waals surface area contributed by atoms with Crippen LogP contribution in [0.15, 0.2) is 16.5 Å². The number of aryl methyl sites for hydroxylation is 1. The van der Waals surface area contributed by atoms with Gasteiger partial charge in [-0.25, -0.2) is 0 Å². The molecule has 1 rings (SSSR count). The van der Waals surface area contributed by atoms with Gasteiger partial charge in [0.05, 0.1) is 13.2 Å². The zero-order valence-electron chi connectivity index (χ0n) is 11.2. The second-order valence-electron chi connectivity index (χ2n) is 4.20. The molecule has 0 spiro atoms. The van der Waals surface area contributed by atoms with Gasteiger partial charge in [0.15, 0.2) is 0 Å². The van der Waals surface area contributed by atoms with Gasteiger partial charge in [0.2, 0.25) is 0 Å². The van der Waals surface area contributed by atoms with E-state index in [2.05, 4.69) is 17.3 Å². The van der Waals surface area contributed by atoms with E-state index in [1.165, 1.54) is 0 Å². The minimum atomic E-state index is 0.789. The van der Waals surface area contributed by atoms with Crippen molar-refractivity contribution in [3.05, 3.63) is 23.7 Å². The summed E-state index contributed by atoms with van der Waals surface area (Å²) < 4.78 is 10.8. The largest absolute Gasteiger partial charge is 0.465 e. The van der Waals surface area contributed by atoms with Crippen molar-refractivity contribution >= 4 is 0 Å². The molecule has 0 aliphatic heterocycles. The molecule has 0 aliphatic rings. The lowest BCUT2D eigenvalue weighted by Crippen LogP contribution is -2.30. The van der Waals surface area contributed by atoms with Crippen LogP contribution in [0, 0.1) is 6.92 Å². The van der Waals surface area contributed by atoms with Crippen molar-refractivity contribution in [2.45, 2.75) is 20.4 Å². The summed E-state index contributed by atoms with van der Waals surface area (Å²) in [4.78, 5) is 2.24. The van der Waals surface area contributed by atoms with Crippen LogP contribution in [0.1, 0.15) is 18.4 Å². The van der Waals surface area contributed by atoms with Gasteiger partial charge < -0.3 is 14.5 Å². The Morgan fingerprint density at radius 2 is 2.18 bits per heavy atom. The third kappa shape index (κ3) is 6.46. The van der Waals surface area contributed by atoms with Crippen molar-refractivity contribution in [1.82, 2.24) is 10.2 Å². The van der Waals surface area contributed by atoms with Crippen LogP contribution >= 0.6 is 0 Å². The van der Waals surface area contributed by atoms with Gasteiger partial charge >= 0.3 is 0 Å². The molecule has 4 heteroatoms. The molecule has 1 aromatic rings. The summed E-state index contributed by atoms with van der Waals surface area (Å²) in [5.41, 5.74) is 0. The zero-order valence-corrected chi connectivity index (χ0v) is 11.2. The van der Waals surface area contributed by atoms with E-state index in [0.29, 0.717) is 0 Å². The van der Waals surface area contributed by atoms with E-state index in [1.807, 2.05) is 26.0 Å². The maximum Gasteiger partial charge on any atom is 0.118 e. The maximum atomic E-state index is 5.53. The van der Waals surface area contributed by atoms with Crippen LogP contribution < -0.4 is 5.32 Å². The number of ether oxygens (including phenoxy) is 1. The number of nitrogens with one attached hydrogen (secondary N) is 1. The number of nitrogens with zero attached hydrogens (tertiary/aromatic N) is 1. The quantitative estimate of drug-likeness (QED) is 0.666. The Labute approximate surface area is 104 Å². The fourth-order valence-electron chi connectivity index (χ4n) is 1.60. The lowest BCUT2D eigenvalue weighted by molar-refractivity contribution is 0.148. The van der Waals surface area contributed by atoms with E-state index in [-0.39, 0.29) is 0 Å². The highest BCUT2D eigenvalue weighted by Gasteiger charge is 2.03. The van der Waals surface area contributed by atoms with Crippen LogP contribution in [-0.4, -0.2) is 44.8 Å². The predicted octanol–water partition coefficient (Wildman–Crippen LogP) is 1.65. The fraction of sp³-hybridized carbons (Fsp3) is 0.692. The molecule has 0 atom stereocenters. The molecular formula is C13H24N2O2. The Morgan fingerprint density at radius 3 is 2.82 bits per heavy atom. The van der Waals surface area contributed by atoms with Crippen LogP contribution in [0.5, 0.6) is 0 Å². The molecule has 0 aliphatic carbocycles. The van der Waals surface area contributed by atoms with Gasteiger partial charge in [-0.1, -0.05) is 0 Å². The lowest BCUT2D eigenvalue weighted by atomic mass is 10.4.